The molecule has 2 aromatic rings. The summed E-state index contributed by atoms with van der Waals surface area (Å²) in [5.41, 5.74) is 4.28. The van der Waals surface area contributed by atoms with Crippen LogP contribution in [0, 0.1) is 5.82 Å². The number of carbonyl (C=O) groups excluding carboxylic acids is 3. The number of carbonyl (C=O) groups is 3. The second kappa shape index (κ2) is 8.37. The predicted octanol–water partition coefficient (Wildman–Crippen LogP) is 3.89. The predicted molar refractivity (Wildman–Crippen MR) is 115 cm³/mol. The van der Waals surface area contributed by atoms with Gasteiger partial charge in [-0.1, -0.05) is 24.3 Å². The van der Waals surface area contributed by atoms with Gasteiger partial charge in [-0.3, -0.25) is 15.0 Å². The summed E-state index contributed by atoms with van der Waals surface area (Å²) in [5, 5.41) is 3.62. The summed E-state index contributed by atoms with van der Waals surface area (Å²) in [7, 11) is 0. The van der Waals surface area contributed by atoms with Gasteiger partial charge < -0.3 is 10.1 Å². The molecule has 0 radical (unpaired) electrons. The summed E-state index contributed by atoms with van der Waals surface area (Å²) in [4.78, 5) is 38.0. The van der Waals surface area contributed by atoms with Gasteiger partial charge in [-0.05, 0) is 63.9 Å². The zero-order valence-corrected chi connectivity index (χ0v) is 18.2. The Balaban J connectivity index is 1.89. The molecule has 7 nitrogen and oxygen atoms in total. The molecule has 0 spiro atoms. The molecule has 31 heavy (non-hydrogen) atoms. The number of para-hydroxylation sites is 1. The minimum Gasteiger partial charge on any atom is -0.444 e. The van der Waals surface area contributed by atoms with Crippen LogP contribution in [0.3, 0.4) is 0 Å². The number of hydrogen-bond acceptors (Lipinski definition) is 4. The Hall–Kier alpha value is -3.42. The first-order valence-electron chi connectivity index (χ1n) is 10.0. The zero-order valence-electron chi connectivity index (χ0n) is 18.2. The number of alkyl carbamates (subject to hydrolysis) is 1. The Morgan fingerprint density at radius 2 is 1.81 bits per heavy atom. The molecule has 0 bridgehead atoms. The summed E-state index contributed by atoms with van der Waals surface area (Å²) in [6, 6.07) is 10.4. The molecular formula is C23H26FN3O4. The number of ether oxygens (including phenoxy) is 1. The van der Waals surface area contributed by atoms with E-state index < -0.39 is 41.3 Å². The average Bonchev–Trinajstić information content (AvgIpc) is 2.76. The maximum absolute atomic E-state index is 13.9. The molecule has 0 aromatic heterocycles. The SMILES string of the molecule is CC1C(=O)N(NC(=O)[C@H](C)NC(=O)OC(C)(C)C)c2ccccc2-c2ccc(F)cc21. The van der Waals surface area contributed by atoms with Gasteiger partial charge in [0.25, 0.3) is 11.8 Å². The van der Waals surface area contributed by atoms with Crippen LogP contribution in [0.5, 0.6) is 0 Å². The second-order valence-electron chi connectivity index (χ2n) is 8.49. The van der Waals surface area contributed by atoms with Crippen LogP contribution >= 0.6 is 0 Å². The van der Waals surface area contributed by atoms with E-state index in [2.05, 4.69) is 10.7 Å². The van der Waals surface area contributed by atoms with Crippen LogP contribution in [0.4, 0.5) is 14.9 Å². The largest absolute Gasteiger partial charge is 0.444 e. The molecule has 1 aliphatic heterocycles. The van der Waals surface area contributed by atoms with E-state index in [0.29, 0.717) is 16.8 Å². The van der Waals surface area contributed by atoms with E-state index in [1.165, 1.54) is 19.1 Å². The first kappa shape index (κ1) is 22.3. The number of rotatable bonds is 3. The molecule has 164 valence electrons. The zero-order chi connectivity index (χ0) is 22.9. The fourth-order valence-corrected chi connectivity index (χ4v) is 3.35. The van der Waals surface area contributed by atoms with Gasteiger partial charge in [0, 0.05) is 5.56 Å². The molecule has 1 aliphatic rings. The number of halogens is 1. The third-order valence-corrected chi connectivity index (χ3v) is 4.85. The molecule has 0 saturated carbocycles. The van der Waals surface area contributed by atoms with Gasteiger partial charge in [0.1, 0.15) is 17.5 Å². The number of fused-ring (bicyclic) bond motifs is 3. The average molecular weight is 427 g/mol. The fraction of sp³-hybridized carbons (Fsp3) is 0.348. The van der Waals surface area contributed by atoms with Crippen LogP contribution in [0.15, 0.2) is 42.5 Å². The number of nitrogens with one attached hydrogen (secondary N) is 2. The van der Waals surface area contributed by atoms with E-state index in [1.54, 1.807) is 58.0 Å². The van der Waals surface area contributed by atoms with Crippen molar-refractivity contribution in [1.29, 1.82) is 0 Å². The fourth-order valence-electron chi connectivity index (χ4n) is 3.35. The highest BCUT2D eigenvalue weighted by Gasteiger charge is 2.33. The monoisotopic (exact) mass is 427 g/mol. The molecule has 0 saturated heterocycles. The number of hydrogen-bond donors (Lipinski definition) is 2. The van der Waals surface area contributed by atoms with Gasteiger partial charge in [-0.2, -0.15) is 0 Å². The van der Waals surface area contributed by atoms with Crippen molar-refractivity contribution < 1.29 is 23.5 Å². The molecular weight excluding hydrogens is 401 g/mol. The Morgan fingerprint density at radius 3 is 2.48 bits per heavy atom. The normalized spacial score (nSPS) is 16.5. The lowest BCUT2D eigenvalue weighted by Crippen LogP contribution is -2.54. The van der Waals surface area contributed by atoms with Crippen LogP contribution in [-0.4, -0.2) is 29.6 Å². The van der Waals surface area contributed by atoms with E-state index in [9.17, 15) is 18.8 Å². The molecule has 0 aliphatic carbocycles. The quantitative estimate of drug-likeness (QED) is 0.778. The lowest BCUT2D eigenvalue weighted by atomic mass is 9.92. The molecule has 0 fully saturated rings. The van der Waals surface area contributed by atoms with Crippen molar-refractivity contribution in [2.75, 3.05) is 5.01 Å². The summed E-state index contributed by atoms with van der Waals surface area (Å²) < 4.78 is 19.1. The number of nitrogens with zero attached hydrogens (tertiary/aromatic N) is 1. The van der Waals surface area contributed by atoms with E-state index in [1.807, 2.05) is 0 Å². The summed E-state index contributed by atoms with van der Waals surface area (Å²) in [5.74, 6) is -2.16. The number of benzene rings is 2. The second-order valence-corrected chi connectivity index (χ2v) is 8.49. The third-order valence-electron chi connectivity index (χ3n) is 4.85. The van der Waals surface area contributed by atoms with Crippen LogP contribution in [0.25, 0.3) is 11.1 Å². The first-order valence-corrected chi connectivity index (χ1v) is 10.0. The highest BCUT2D eigenvalue weighted by atomic mass is 19.1. The van der Waals surface area contributed by atoms with Gasteiger partial charge in [0.15, 0.2) is 0 Å². The maximum Gasteiger partial charge on any atom is 0.408 e. The number of hydrazine groups is 1. The molecule has 1 unspecified atom stereocenters. The van der Waals surface area contributed by atoms with Gasteiger partial charge >= 0.3 is 6.09 Å². The minimum atomic E-state index is -0.965. The van der Waals surface area contributed by atoms with Crippen molar-refractivity contribution in [3.05, 3.63) is 53.8 Å². The minimum absolute atomic E-state index is 0.422. The Labute approximate surface area is 180 Å². The molecule has 3 rings (SSSR count). The Bertz CT molecular complexity index is 1030. The van der Waals surface area contributed by atoms with Crippen molar-refractivity contribution in [3.63, 3.8) is 0 Å². The van der Waals surface area contributed by atoms with Crippen LogP contribution < -0.4 is 15.8 Å². The summed E-state index contributed by atoms with van der Waals surface area (Å²) in [6.45, 7) is 8.29. The van der Waals surface area contributed by atoms with E-state index in [4.69, 9.17) is 4.74 Å². The Kier molecular flexibility index (Phi) is 6.01. The lowest BCUT2D eigenvalue weighted by Gasteiger charge is -2.27. The summed E-state index contributed by atoms with van der Waals surface area (Å²) in [6.07, 6.45) is -0.742. The smallest absolute Gasteiger partial charge is 0.408 e. The number of anilines is 1. The number of amides is 3. The van der Waals surface area contributed by atoms with Gasteiger partial charge in [-0.25, -0.2) is 14.2 Å². The topological polar surface area (TPSA) is 87.7 Å². The molecule has 8 heteroatoms. The molecule has 2 N–H and O–H groups in total. The molecule has 1 heterocycles. The highest BCUT2D eigenvalue weighted by Crippen LogP contribution is 2.40. The Morgan fingerprint density at radius 1 is 1.13 bits per heavy atom. The standard InChI is InChI=1S/C23H26FN3O4/c1-13-18-12-15(24)10-11-16(18)17-8-6-7-9-19(17)27(21(13)29)26-20(28)14(2)25-22(30)31-23(3,4)5/h6-14H,1-5H3,(H,25,30)(H,26,28)/t13?,14-/m0/s1. The van der Waals surface area contributed by atoms with Crippen LogP contribution in [0.1, 0.15) is 46.1 Å². The molecule has 2 aromatic carbocycles. The maximum atomic E-state index is 13.9. The molecule has 2 atom stereocenters. The van der Waals surface area contributed by atoms with Crippen molar-refractivity contribution in [3.8, 4) is 11.1 Å². The van der Waals surface area contributed by atoms with Crippen LogP contribution in [0.2, 0.25) is 0 Å². The van der Waals surface area contributed by atoms with Crippen molar-refractivity contribution in [2.45, 2.75) is 52.2 Å². The van der Waals surface area contributed by atoms with E-state index in [0.717, 1.165) is 10.6 Å². The summed E-state index contributed by atoms with van der Waals surface area (Å²) >= 11 is 0. The van der Waals surface area contributed by atoms with Gasteiger partial charge in [0.2, 0.25) is 0 Å². The van der Waals surface area contributed by atoms with E-state index in [-0.39, 0.29) is 0 Å². The highest BCUT2D eigenvalue weighted by molar-refractivity contribution is 6.06. The molecule has 3 amide bonds. The van der Waals surface area contributed by atoms with E-state index >= 15 is 0 Å². The first-order chi connectivity index (χ1) is 14.5. The van der Waals surface area contributed by atoms with Crippen molar-refractivity contribution >= 4 is 23.6 Å². The van der Waals surface area contributed by atoms with Gasteiger partial charge in [0.05, 0.1) is 11.6 Å². The third kappa shape index (κ3) is 4.84. The lowest BCUT2D eigenvalue weighted by molar-refractivity contribution is -0.127. The van der Waals surface area contributed by atoms with Gasteiger partial charge in [-0.15, -0.1) is 0 Å². The van der Waals surface area contributed by atoms with Crippen molar-refractivity contribution in [1.82, 2.24) is 10.7 Å². The van der Waals surface area contributed by atoms with Crippen molar-refractivity contribution in [2.24, 2.45) is 0 Å². The van der Waals surface area contributed by atoms with Crippen LogP contribution in [-0.2, 0) is 14.3 Å².